The zero-order chi connectivity index (χ0) is 33.8. The van der Waals surface area contributed by atoms with Crippen LogP contribution in [0.25, 0.3) is 43.8 Å². The number of piperidine rings is 1. The average Bonchev–Trinajstić information content (AvgIpc) is 3.73. The van der Waals surface area contributed by atoms with E-state index in [1.54, 1.807) is 30.6 Å². The minimum Gasteiger partial charge on any atom is -0.474 e. The van der Waals surface area contributed by atoms with Gasteiger partial charge in [-0.25, -0.2) is 14.4 Å². The molecule has 2 aliphatic heterocycles. The normalized spacial score (nSPS) is 21.3. The Bertz CT molecular complexity index is 2210. The summed E-state index contributed by atoms with van der Waals surface area (Å²) in [4.78, 5) is 26.9. The van der Waals surface area contributed by atoms with Gasteiger partial charge in [-0.1, -0.05) is 41.9 Å². The van der Waals surface area contributed by atoms with Gasteiger partial charge in [0, 0.05) is 46.9 Å². The lowest BCUT2D eigenvalue weighted by Crippen LogP contribution is -2.47. The van der Waals surface area contributed by atoms with E-state index >= 15 is 4.39 Å². The van der Waals surface area contributed by atoms with E-state index < -0.39 is 5.82 Å². The fourth-order valence-corrected chi connectivity index (χ4v) is 8.20. The van der Waals surface area contributed by atoms with E-state index in [0.29, 0.717) is 58.9 Å². The molecule has 0 bridgehead atoms. The summed E-state index contributed by atoms with van der Waals surface area (Å²) < 4.78 is 25.6. The van der Waals surface area contributed by atoms with Crippen LogP contribution in [0.2, 0.25) is 5.02 Å². The van der Waals surface area contributed by atoms with Crippen molar-refractivity contribution in [2.75, 3.05) is 26.7 Å². The molecule has 248 valence electrons. The van der Waals surface area contributed by atoms with Crippen molar-refractivity contribution in [2.45, 2.75) is 63.1 Å². The summed E-state index contributed by atoms with van der Waals surface area (Å²) >= 11 is 7.00. The average molecular weight is 676 g/mol. The summed E-state index contributed by atoms with van der Waals surface area (Å²) in [7, 11) is 2.07. The van der Waals surface area contributed by atoms with Gasteiger partial charge in [-0.2, -0.15) is 10.5 Å². The molecule has 0 radical (unpaired) electrons. The van der Waals surface area contributed by atoms with Gasteiger partial charge < -0.3 is 19.1 Å². The van der Waals surface area contributed by atoms with Crippen LogP contribution >= 0.6 is 11.6 Å². The van der Waals surface area contributed by atoms with Crippen molar-refractivity contribution in [3.63, 3.8) is 0 Å². The van der Waals surface area contributed by atoms with E-state index in [1.165, 1.54) is 0 Å². The Hall–Kier alpha value is -4.77. The smallest absolute Gasteiger partial charge is 0.242 e. The van der Waals surface area contributed by atoms with Gasteiger partial charge in [0.25, 0.3) is 0 Å². The Morgan fingerprint density at radius 2 is 1.90 bits per heavy atom. The molecule has 8 rings (SSSR count). The highest BCUT2D eigenvalue weighted by molar-refractivity contribution is 6.35. The number of pyridine rings is 1. The minimum absolute atomic E-state index is 0.0748. The third-order valence-corrected chi connectivity index (χ3v) is 11.0. The fourth-order valence-electron chi connectivity index (χ4n) is 7.91. The Balaban J connectivity index is 1.29. The number of ether oxygens (including phenoxy) is 1. The number of benzene rings is 3. The molecule has 2 saturated heterocycles. The monoisotopic (exact) mass is 675 g/mol. The molecule has 11 heteroatoms. The number of rotatable bonds is 7. The van der Waals surface area contributed by atoms with Crippen molar-refractivity contribution >= 4 is 50.2 Å². The van der Waals surface area contributed by atoms with Crippen LogP contribution in [0, 0.1) is 34.4 Å². The molecule has 49 heavy (non-hydrogen) atoms. The molecule has 3 atom stereocenters. The number of hydrogen-bond donors (Lipinski definition) is 0. The number of carbonyl (C=O) groups excluding carboxylic acids is 1. The van der Waals surface area contributed by atoms with Gasteiger partial charge in [0.05, 0.1) is 41.0 Å². The third-order valence-electron chi connectivity index (χ3n) is 10.7. The molecule has 3 aromatic carbocycles. The molecule has 0 spiro atoms. The van der Waals surface area contributed by atoms with Crippen molar-refractivity contribution in [3.8, 4) is 29.1 Å². The molecule has 5 aromatic rings. The van der Waals surface area contributed by atoms with Crippen LogP contribution in [0.1, 0.15) is 56.6 Å². The van der Waals surface area contributed by atoms with E-state index in [0.717, 1.165) is 37.6 Å². The van der Waals surface area contributed by atoms with E-state index in [9.17, 15) is 15.3 Å². The first-order chi connectivity index (χ1) is 23.9. The second-order valence-corrected chi connectivity index (χ2v) is 14.0. The predicted octanol–water partition coefficient (Wildman–Crippen LogP) is 7.40. The highest BCUT2D eigenvalue weighted by Gasteiger charge is 2.40. The highest BCUT2D eigenvalue weighted by Crippen LogP contribution is 2.44. The number of imidazole rings is 1. The van der Waals surface area contributed by atoms with E-state index in [1.807, 2.05) is 27.7 Å². The number of fused-ring (bicyclic) bond motifs is 4. The van der Waals surface area contributed by atoms with E-state index in [4.69, 9.17) is 26.3 Å². The number of likely N-dealkylation sites (N-methyl/N-ethyl adjacent to an activating group) is 1. The molecule has 3 aliphatic rings. The van der Waals surface area contributed by atoms with Crippen molar-refractivity contribution in [2.24, 2.45) is 5.92 Å². The molecular formula is C38H35ClFN7O2. The predicted molar refractivity (Wildman–Crippen MR) is 186 cm³/mol. The Labute approximate surface area is 288 Å². The van der Waals surface area contributed by atoms with Crippen LogP contribution in [0.4, 0.5) is 4.39 Å². The summed E-state index contributed by atoms with van der Waals surface area (Å²) in [6, 6.07) is 17.1. The number of hydrogen-bond acceptors (Lipinski definition) is 7. The van der Waals surface area contributed by atoms with Gasteiger partial charge in [-0.15, -0.1) is 0 Å². The maximum atomic E-state index is 17.2. The summed E-state index contributed by atoms with van der Waals surface area (Å²) in [5.41, 5.74) is 2.38. The summed E-state index contributed by atoms with van der Waals surface area (Å²) in [6.07, 6.45) is 7.13. The number of amides is 1. The molecule has 3 fully saturated rings. The van der Waals surface area contributed by atoms with Crippen LogP contribution < -0.4 is 4.74 Å². The minimum atomic E-state index is -0.604. The topological polar surface area (TPSA) is 111 Å². The molecule has 1 saturated carbocycles. The first-order valence-corrected chi connectivity index (χ1v) is 17.4. The summed E-state index contributed by atoms with van der Waals surface area (Å²) in [5, 5.41) is 21.7. The highest BCUT2D eigenvalue weighted by atomic mass is 35.5. The Kier molecular flexibility index (Phi) is 8.10. The van der Waals surface area contributed by atoms with Gasteiger partial charge in [0.1, 0.15) is 12.1 Å². The lowest BCUT2D eigenvalue weighted by molar-refractivity contribution is -0.136. The van der Waals surface area contributed by atoms with Gasteiger partial charge >= 0.3 is 0 Å². The Morgan fingerprint density at radius 3 is 2.63 bits per heavy atom. The first kappa shape index (κ1) is 31.5. The fraction of sp³-hybridized carbons (Fsp3) is 0.395. The van der Waals surface area contributed by atoms with Crippen LogP contribution in [-0.4, -0.2) is 69.1 Å². The second-order valence-electron chi connectivity index (χ2n) is 13.6. The van der Waals surface area contributed by atoms with E-state index in [-0.39, 0.29) is 58.4 Å². The van der Waals surface area contributed by atoms with Gasteiger partial charge in [-0.05, 0) is 75.2 Å². The molecule has 2 unspecified atom stereocenters. The number of nitriles is 2. The van der Waals surface area contributed by atoms with Crippen LogP contribution in [-0.2, 0) is 4.79 Å². The van der Waals surface area contributed by atoms with Crippen molar-refractivity contribution in [1.29, 1.82) is 10.5 Å². The standard InChI is InChI=1S/C38H35ClFN7O2/c1-45-15-4-8-27(45)20-49-37-35-36(47(21-43-35)26-13-16-46(25(17-26)12-14-41)38(48)23-10-11-23)29-18-30(39)32(33(40)34(29)44-37)28-9-3-6-22-5-2-7-24(19-42)31(22)28/h2-3,5-7,9,18,21,23,25-27H,4,8,10-13,15-17,20H2,1H3/t25-,26?,27?/m1/s1. The maximum Gasteiger partial charge on any atom is 0.242 e. The molecule has 9 nitrogen and oxygen atoms in total. The molecule has 4 heterocycles. The van der Waals surface area contributed by atoms with Crippen LogP contribution in [0.15, 0.2) is 48.8 Å². The van der Waals surface area contributed by atoms with Gasteiger partial charge in [0.15, 0.2) is 11.3 Å². The van der Waals surface area contributed by atoms with Crippen LogP contribution in [0.5, 0.6) is 5.88 Å². The van der Waals surface area contributed by atoms with E-state index in [2.05, 4.69) is 24.1 Å². The number of nitrogens with zero attached hydrogens (tertiary/aromatic N) is 7. The molecule has 2 aromatic heterocycles. The SMILES string of the molecule is CN1CCCC1COc1nc2c(F)c(-c3cccc4cccc(C#N)c34)c(Cl)cc2c2c1ncn2C1CCN(C(=O)C2CC2)[C@H](CC#N)C1. The number of halogens is 2. The number of carbonyl (C=O) groups is 1. The lowest BCUT2D eigenvalue weighted by atomic mass is 9.93. The molecule has 0 N–H and O–H groups in total. The van der Waals surface area contributed by atoms with Crippen molar-refractivity contribution < 1.29 is 13.9 Å². The third kappa shape index (κ3) is 5.44. The lowest BCUT2D eigenvalue weighted by Gasteiger charge is -2.39. The summed E-state index contributed by atoms with van der Waals surface area (Å²) in [5.74, 6) is -0.136. The zero-order valence-corrected chi connectivity index (χ0v) is 28.0. The quantitative estimate of drug-likeness (QED) is 0.177. The summed E-state index contributed by atoms with van der Waals surface area (Å²) in [6.45, 7) is 1.91. The molecule has 1 amide bonds. The first-order valence-electron chi connectivity index (χ1n) is 17.0. The van der Waals surface area contributed by atoms with Gasteiger partial charge in [-0.3, -0.25) is 4.79 Å². The number of likely N-dealkylation sites (tertiary alicyclic amines) is 2. The molecule has 1 aliphatic carbocycles. The number of aromatic nitrogens is 3. The maximum absolute atomic E-state index is 17.2. The van der Waals surface area contributed by atoms with Crippen molar-refractivity contribution in [3.05, 3.63) is 65.2 Å². The Morgan fingerprint density at radius 1 is 1.08 bits per heavy atom. The van der Waals surface area contributed by atoms with Gasteiger partial charge in [0.2, 0.25) is 11.8 Å². The zero-order valence-electron chi connectivity index (χ0n) is 27.2. The second kappa shape index (κ2) is 12.6. The largest absolute Gasteiger partial charge is 0.474 e. The van der Waals surface area contributed by atoms with Crippen molar-refractivity contribution in [1.82, 2.24) is 24.3 Å². The molecular weight excluding hydrogens is 641 g/mol. The van der Waals surface area contributed by atoms with Crippen LogP contribution in [0.3, 0.4) is 0 Å².